The van der Waals surface area contributed by atoms with E-state index < -0.39 is 0 Å². The van der Waals surface area contributed by atoms with E-state index in [0.29, 0.717) is 5.75 Å². The SMILES string of the molecule is N[C@@H](CO)CSC(c1ccccc1)(c1ccccc1)c1ccccc1. The molecule has 0 heterocycles. The highest BCUT2D eigenvalue weighted by Crippen LogP contribution is 2.48. The molecule has 0 fully saturated rings. The smallest absolute Gasteiger partial charge is 0.0907 e. The van der Waals surface area contributed by atoms with Crippen molar-refractivity contribution >= 4 is 11.8 Å². The Hall–Kier alpha value is -2.07. The summed E-state index contributed by atoms with van der Waals surface area (Å²) in [4.78, 5) is 0. The van der Waals surface area contributed by atoms with Gasteiger partial charge in [0.15, 0.2) is 0 Å². The molecule has 0 radical (unpaired) electrons. The van der Waals surface area contributed by atoms with Gasteiger partial charge in [0.2, 0.25) is 0 Å². The van der Waals surface area contributed by atoms with E-state index in [1.165, 1.54) is 16.7 Å². The van der Waals surface area contributed by atoms with Crippen LogP contribution in [-0.2, 0) is 4.75 Å². The van der Waals surface area contributed by atoms with Gasteiger partial charge in [-0.25, -0.2) is 0 Å². The van der Waals surface area contributed by atoms with Gasteiger partial charge in [0, 0.05) is 11.8 Å². The van der Waals surface area contributed by atoms with Crippen molar-refractivity contribution in [1.29, 1.82) is 0 Å². The maximum absolute atomic E-state index is 9.40. The summed E-state index contributed by atoms with van der Waals surface area (Å²) in [6.45, 7) is -0.0125. The van der Waals surface area contributed by atoms with Crippen molar-refractivity contribution in [2.75, 3.05) is 12.4 Å². The molecule has 25 heavy (non-hydrogen) atoms. The maximum atomic E-state index is 9.40. The van der Waals surface area contributed by atoms with E-state index >= 15 is 0 Å². The highest BCUT2D eigenvalue weighted by Gasteiger charge is 2.37. The molecule has 3 rings (SSSR count). The fourth-order valence-corrected chi connectivity index (χ4v) is 4.53. The first-order valence-electron chi connectivity index (χ1n) is 8.44. The van der Waals surface area contributed by atoms with Crippen molar-refractivity contribution in [2.45, 2.75) is 10.8 Å². The summed E-state index contributed by atoms with van der Waals surface area (Å²) >= 11 is 1.78. The van der Waals surface area contributed by atoms with Crippen molar-refractivity contribution in [2.24, 2.45) is 5.73 Å². The zero-order valence-corrected chi connectivity index (χ0v) is 14.9. The zero-order chi connectivity index (χ0) is 17.5. The molecule has 0 saturated carbocycles. The van der Waals surface area contributed by atoms with Crippen LogP contribution in [0.3, 0.4) is 0 Å². The Bertz CT molecular complexity index is 665. The first-order valence-corrected chi connectivity index (χ1v) is 9.43. The van der Waals surface area contributed by atoms with Crippen LogP contribution < -0.4 is 5.73 Å². The molecule has 128 valence electrons. The standard InChI is InChI=1S/C22H23NOS/c23-21(16-24)17-25-22(18-10-4-1-5-11-18,19-12-6-2-7-13-19)20-14-8-3-9-15-20/h1-15,21,24H,16-17,23H2/t21-/m0/s1. The number of rotatable bonds is 7. The van der Waals surface area contributed by atoms with E-state index in [9.17, 15) is 5.11 Å². The third kappa shape index (κ3) is 3.79. The Kier molecular flexibility index (Phi) is 5.92. The summed E-state index contributed by atoms with van der Waals surface area (Å²) in [5.74, 6) is 0.662. The maximum Gasteiger partial charge on any atom is 0.0907 e. The Balaban J connectivity index is 2.20. The third-order valence-corrected chi connectivity index (χ3v) is 6.02. The number of aliphatic hydroxyl groups is 1. The first-order chi connectivity index (χ1) is 12.3. The second-order valence-corrected chi connectivity index (χ2v) is 7.27. The molecular weight excluding hydrogens is 326 g/mol. The second kappa shape index (κ2) is 8.34. The molecule has 2 nitrogen and oxygen atoms in total. The molecule has 0 aliphatic rings. The van der Waals surface area contributed by atoms with Crippen molar-refractivity contribution in [3.63, 3.8) is 0 Å². The fourth-order valence-electron chi connectivity index (χ4n) is 3.05. The van der Waals surface area contributed by atoms with Crippen LogP contribution >= 0.6 is 11.8 Å². The molecule has 0 saturated heterocycles. The van der Waals surface area contributed by atoms with Gasteiger partial charge in [-0.3, -0.25) is 0 Å². The Morgan fingerprint density at radius 2 is 1.08 bits per heavy atom. The summed E-state index contributed by atoms with van der Waals surface area (Å²) in [6, 6.07) is 31.3. The molecule has 0 spiro atoms. The summed E-state index contributed by atoms with van der Waals surface area (Å²) in [7, 11) is 0. The van der Waals surface area contributed by atoms with Crippen LogP contribution in [0, 0.1) is 0 Å². The Labute approximate surface area is 153 Å². The zero-order valence-electron chi connectivity index (χ0n) is 14.1. The van der Waals surface area contributed by atoms with Gasteiger partial charge in [0.05, 0.1) is 11.4 Å². The summed E-state index contributed by atoms with van der Waals surface area (Å²) < 4.78 is -0.365. The molecule has 0 bridgehead atoms. The van der Waals surface area contributed by atoms with Gasteiger partial charge in [-0.2, -0.15) is 0 Å². The molecule has 0 aliphatic carbocycles. The van der Waals surface area contributed by atoms with Crippen LogP contribution in [0.5, 0.6) is 0 Å². The predicted molar refractivity (Wildman–Crippen MR) is 107 cm³/mol. The van der Waals surface area contributed by atoms with Crippen LogP contribution in [0.4, 0.5) is 0 Å². The van der Waals surface area contributed by atoms with Gasteiger partial charge in [0.1, 0.15) is 0 Å². The number of benzene rings is 3. The molecule has 3 heteroatoms. The molecule has 0 unspecified atom stereocenters. The lowest BCUT2D eigenvalue weighted by molar-refractivity contribution is 0.275. The van der Waals surface area contributed by atoms with Crippen molar-refractivity contribution < 1.29 is 5.11 Å². The van der Waals surface area contributed by atoms with E-state index in [1.807, 2.05) is 18.2 Å². The number of aliphatic hydroxyl groups excluding tert-OH is 1. The average Bonchev–Trinajstić information content (AvgIpc) is 2.71. The molecule has 0 aromatic heterocycles. The quantitative estimate of drug-likeness (QED) is 0.633. The fraction of sp³-hybridized carbons (Fsp3) is 0.182. The van der Waals surface area contributed by atoms with Crippen LogP contribution in [0.15, 0.2) is 91.0 Å². The van der Waals surface area contributed by atoms with E-state index in [0.717, 1.165) is 0 Å². The van der Waals surface area contributed by atoms with E-state index in [2.05, 4.69) is 72.8 Å². The molecule has 0 amide bonds. The van der Waals surface area contributed by atoms with Crippen LogP contribution in [0.1, 0.15) is 16.7 Å². The number of nitrogens with two attached hydrogens (primary N) is 1. The molecule has 1 atom stereocenters. The predicted octanol–water partition coefficient (Wildman–Crippen LogP) is 4.03. The highest BCUT2D eigenvalue weighted by atomic mass is 32.2. The van der Waals surface area contributed by atoms with E-state index in [1.54, 1.807) is 11.8 Å². The summed E-state index contributed by atoms with van der Waals surface area (Å²) in [5, 5.41) is 9.40. The lowest BCUT2D eigenvalue weighted by atomic mass is 9.84. The molecule has 3 aromatic rings. The average molecular weight is 349 g/mol. The van der Waals surface area contributed by atoms with Gasteiger partial charge in [0.25, 0.3) is 0 Å². The first kappa shape index (κ1) is 17.7. The Morgan fingerprint density at radius 3 is 1.40 bits per heavy atom. The summed E-state index contributed by atoms with van der Waals surface area (Å²) in [6.07, 6.45) is 0. The minimum atomic E-state index is -0.365. The lowest BCUT2D eigenvalue weighted by Gasteiger charge is -2.36. The second-order valence-electron chi connectivity index (χ2n) is 6.03. The normalized spacial score (nSPS) is 12.7. The van der Waals surface area contributed by atoms with Gasteiger partial charge in [-0.15, -0.1) is 11.8 Å². The number of hydrogen-bond donors (Lipinski definition) is 2. The topological polar surface area (TPSA) is 46.2 Å². The van der Waals surface area contributed by atoms with Crippen molar-refractivity contribution in [1.82, 2.24) is 0 Å². The van der Waals surface area contributed by atoms with E-state index in [-0.39, 0.29) is 17.4 Å². The minimum absolute atomic E-state index is 0.0125. The molecule has 0 aliphatic heterocycles. The van der Waals surface area contributed by atoms with Crippen LogP contribution in [-0.4, -0.2) is 23.5 Å². The van der Waals surface area contributed by atoms with Gasteiger partial charge < -0.3 is 10.8 Å². The minimum Gasteiger partial charge on any atom is -0.395 e. The largest absolute Gasteiger partial charge is 0.395 e. The highest BCUT2D eigenvalue weighted by molar-refractivity contribution is 8.00. The molecular formula is C22H23NOS. The van der Waals surface area contributed by atoms with Crippen LogP contribution in [0.25, 0.3) is 0 Å². The molecule has 3 aromatic carbocycles. The monoisotopic (exact) mass is 349 g/mol. The van der Waals surface area contributed by atoms with E-state index in [4.69, 9.17) is 5.73 Å². The van der Waals surface area contributed by atoms with Crippen molar-refractivity contribution in [3.8, 4) is 0 Å². The summed E-state index contributed by atoms with van der Waals surface area (Å²) in [5.41, 5.74) is 9.68. The molecule has 3 N–H and O–H groups in total. The van der Waals surface area contributed by atoms with Gasteiger partial charge in [-0.05, 0) is 16.7 Å². The third-order valence-electron chi connectivity index (χ3n) is 4.29. The lowest BCUT2D eigenvalue weighted by Crippen LogP contribution is -2.32. The van der Waals surface area contributed by atoms with Gasteiger partial charge in [-0.1, -0.05) is 91.0 Å². The van der Waals surface area contributed by atoms with Crippen molar-refractivity contribution in [3.05, 3.63) is 108 Å². The van der Waals surface area contributed by atoms with Crippen LogP contribution in [0.2, 0.25) is 0 Å². The van der Waals surface area contributed by atoms with Gasteiger partial charge >= 0.3 is 0 Å². The number of thioether (sulfide) groups is 1. The Morgan fingerprint density at radius 1 is 0.720 bits per heavy atom. The number of hydrogen-bond acceptors (Lipinski definition) is 3.